The number of hydrogen-bond acceptors (Lipinski definition) is 5. The number of esters is 1. The van der Waals surface area contributed by atoms with Crippen LogP contribution in [0.1, 0.15) is 16.1 Å². The molecule has 1 aromatic heterocycles. The maximum atomic E-state index is 11.7. The summed E-state index contributed by atoms with van der Waals surface area (Å²) in [6.07, 6.45) is 0. The molecule has 4 nitrogen and oxygen atoms in total. The minimum atomic E-state index is -0.436. The maximum absolute atomic E-state index is 11.7. The van der Waals surface area contributed by atoms with Crippen LogP contribution >= 0.6 is 27.3 Å². The van der Waals surface area contributed by atoms with Gasteiger partial charge in [0.25, 0.3) is 0 Å². The van der Waals surface area contributed by atoms with E-state index in [4.69, 9.17) is 9.47 Å². The molecule has 0 bridgehead atoms. The van der Waals surface area contributed by atoms with Crippen molar-refractivity contribution >= 4 is 33.2 Å². The molecule has 0 saturated carbocycles. The monoisotopic (exact) mass is 341 g/mol. The Morgan fingerprint density at radius 3 is 2.89 bits per heavy atom. The van der Waals surface area contributed by atoms with E-state index in [1.54, 1.807) is 7.11 Å². The molecule has 6 heteroatoms. The van der Waals surface area contributed by atoms with Crippen LogP contribution in [0.3, 0.4) is 0 Å². The Kier molecular flexibility index (Phi) is 4.68. The van der Waals surface area contributed by atoms with E-state index in [2.05, 4.69) is 20.9 Å². The van der Waals surface area contributed by atoms with Gasteiger partial charge >= 0.3 is 5.97 Å². The zero-order valence-electron chi connectivity index (χ0n) is 10.5. The summed E-state index contributed by atoms with van der Waals surface area (Å²) in [4.78, 5) is 16.7. The number of carbonyl (C=O) groups is 1. The van der Waals surface area contributed by atoms with Gasteiger partial charge in [0, 0.05) is 7.11 Å². The lowest BCUT2D eigenvalue weighted by molar-refractivity contribution is 0.0595. The highest BCUT2D eigenvalue weighted by Crippen LogP contribution is 2.33. The third-order valence-electron chi connectivity index (χ3n) is 2.48. The van der Waals surface area contributed by atoms with Crippen LogP contribution in [0.5, 0.6) is 0 Å². The van der Waals surface area contributed by atoms with Crippen LogP contribution in [-0.4, -0.2) is 25.2 Å². The van der Waals surface area contributed by atoms with Gasteiger partial charge in [-0.2, -0.15) is 0 Å². The van der Waals surface area contributed by atoms with Crippen molar-refractivity contribution in [2.75, 3.05) is 14.2 Å². The van der Waals surface area contributed by atoms with E-state index in [9.17, 15) is 4.79 Å². The fourth-order valence-electron chi connectivity index (χ4n) is 1.69. The van der Waals surface area contributed by atoms with Crippen molar-refractivity contribution in [2.24, 2.45) is 0 Å². The van der Waals surface area contributed by atoms with Crippen molar-refractivity contribution in [1.82, 2.24) is 4.98 Å². The second-order valence-corrected chi connectivity index (χ2v) is 6.04. The second kappa shape index (κ2) is 6.27. The standard InChI is InChI=1S/C13H12BrNO3S/c1-17-7-8-4-3-5-9(6-8)11-10(12(16)18-2)15-13(14)19-11/h3-6H,7H2,1-2H3. The molecule has 0 aliphatic carbocycles. The minimum Gasteiger partial charge on any atom is -0.464 e. The van der Waals surface area contributed by atoms with Gasteiger partial charge in [0.05, 0.1) is 18.6 Å². The van der Waals surface area contributed by atoms with Crippen LogP contribution in [0.25, 0.3) is 10.4 Å². The van der Waals surface area contributed by atoms with Crippen molar-refractivity contribution in [2.45, 2.75) is 6.61 Å². The van der Waals surface area contributed by atoms with E-state index in [1.807, 2.05) is 24.3 Å². The number of nitrogens with zero attached hydrogens (tertiary/aromatic N) is 1. The average molecular weight is 342 g/mol. The van der Waals surface area contributed by atoms with Crippen molar-refractivity contribution in [3.8, 4) is 10.4 Å². The molecule has 0 radical (unpaired) electrons. The average Bonchev–Trinajstić information content (AvgIpc) is 2.81. The predicted octanol–water partition coefficient (Wildman–Crippen LogP) is 3.51. The van der Waals surface area contributed by atoms with Crippen molar-refractivity contribution in [3.05, 3.63) is 39.4 Å². The molecule has 19 heavy (non-hydrogen) atoms. The van der Waals surface area contributed by atoms with E-state index < -0.39 is 5.97 Å². The molecule has 100 valence electrons. The first-order chi connectivity index (χ1) is 9.15. The predicted molar refractivity (Wildman–Crippen MR) is 77.3 cm³/mol. The number of halogens is 1. The van der Waals surface area contributed by atoms with Gasteiger partial charge in [0.2, 0.25) is 0 Å². The Morgan fingerprint density at radius 2 is 2.21 bits per heavy atom. The van der Waals surface area contributed by atoms with Gasteiger partial charge in [0.1, 0.15) is 0 Å². The van der Waals surface area contributed by atoms with Gasteiger partial charge in [-0.1, -0.05) is 18.2 Å². The lowest BCUT2D eigenvalue weighted by Gasteiger charge is -2.04. The maximum Gasteiger partial charge on any atom is 0.358 e. The lowest BCUT2D eigenvalue weighted by atomic mass is 10.1. The summed E-state index contributed by atoms with van der Waals surface area (Å²) >= 11 is 4.70. The smallest absolute Gasteiger partial charge is 0.358 e. The van der Waals surface area contributed by atoms with E-state index in [1.165, 1.54) is 18.4 Å². The van der Waals surface area contributed by atoms with E-state index in [0.29, 0.717) is 16.2 Å². The molecular formula is C13H12BrNO3S. The van der Waals surface area contributed by atoms with Crippen molar-refractivity contribution in [1.29, 1.82) is 0 Å². The number of carbonyl (C=O) groups excluding carboxylic acids is 1. The van der Waals surface area contributed by atoms with Gasteiger partial charge < -0.3 is 9.47 Å². The van der Waals surface area contributed by atoms with Crippen LogP contribution in [0.4, 0.5) is 0 Å². The molecule has 2 aromatic rings. The number of aromatic nitrogens is 1. The van der Waals surface area contributed by atoms with Crippen LogP contribution < -0.4 is 0 Å². The molecule has 1 aromatic carbocycles. The van der Waals surface area contributed by atoms with Gasteiger partial charge in [-0.05, 0) is 33.1 Å². The first kappa shape index (κ1) is 14.2. The number of thiazole rings is 1. The Labute approximate surface area is 123 Å². The van der Waals surface area contributed by atoms with Gasteiger partial charge in [0.15, 0.2) is 9.61 Å². The summed E-state index contributed by atoms with van der Waals surface area (Å²) in [6, 6.07) is 7.82. The minimum absolute atomic E-state index is 0.328. The van der Waals surface area contributed by atoms with E-state index in [-0.39, 0.29) is 0 Å². The molecule has 0 fully saturated rings. The summed E-state index contributed by atoms with van der Waals surface area (Å²) in [5, 5.41) is 0. The number of methoxy groups -OCH3 is 2. The number of ether oxygens (including phenoxy) is 2. The quantitative estimate of drug-likeness (QED) is 0.798. The van der Waals surface area contributed by atoms with Crippen molar-refractivity contribution in [3.63, 3.8) is 0 Å². The molecular weight excluding hydrogens is 330 g/mol. The molecule has 0 unspecified atom stereocenters. The molecule has 0 amide bonds. The lowest BCUT2D eigenvalue weighted by Crippen LogP contribution is -2.03. The Balaban J connectivity index is 2.46. The van der Waals surface area contributed by atoms with Gasteiger partial charge in [-0.25, -0.2) is 9.78 Å². The second-order valence-electron chi connectivity index (χ2n) is 3.77. The van der Waals surface area contributed by atoms with Crippen LogP contribution in [0.15, 0.2) is 28.2 Å². The fourth-order valence-corrected chi connectivity index (χ4v) is 3.13. The molecule has 0 aliphatic heterocycles. The third-order valence-corrected chi connectivity index (χ3v) is 4.04. The highest BCUT2D eigenvalue weighted by Gasteiger charge is 2.19. The number of hydrogen-bond donors (Lipinski definition) is 0. The first-order valence-electron chi connectivity index (χ1n) is 5.48. The summed E-state index contributed by atoms with van der Waals surface area (Å²) < 4.78 is 10.5. The number of rotatable bonds is 4. The largest absolute Gasteiger partial charge is 0.464 e. The third kappa shape index (κ3) is 3.20. The van der Waals surface area contributed by atoms with Crippen LogP contribution in [0.2, 0.25) is 0 Å². The summed E-state index contributed by atoms with van der Waals surface area (Å²) in [5.41, 5.74) is 2.30. The first-order valence-corrected chi connectivity index (χ1v) is 7.09. The highest BCUT2D eigenvalue weighted by atomic mass is 79.9. The summed E-state index contributed by atoms with van der Waals surface area (Å²) in [7, 11) is 3.00. The SMILES string of the molecule is COCc1cccc(-c2sc(Br)nc2C(=O)OC)c1. The zero-order chi connectivity index (χ0) is 13.8. The normalized spacial score (nSPS) is 10.5. The fraction of sp³-hybridized carbons (Fsp3) is 0.231. The zero-order valence-corrected chi connectivity index (χ0v) is 12.9. The van der Waals surface area contributed by atoms with E-state index in [0.717, 1.165) is 16.0 Å². The molecule has 2 rings (SSSR count). The Hall–Kier alpha value is -1.24. The van der Waals surface area contributed by atoms with Crippen LogP contribution in [0, 0.1) is 0 Å². The molecule has 1 heterocycles. The Bertz CT molecular complexity index is 597. The van der Waals surface area contributed by atoms with E-state index >= 15 is 0 Å². The summed E-state index contributed by atoms with van der Waals surface area (Å²) in [6.45, 7) is 0.529. The van der Waals surface area contributed by atoms with Gasteiger partial charge in [-0.15, -0.1) is 11.3 Å². The highest BCUT2D eigenvalue weighted by molar-refractivity contribution is 9.11. The van der Waals surface area contributed by atoms with Crippen LogP contribution in [-0.2, 0) is 16.1 Å². The summed E-state index contributed by atoms with van der Waals surface area (Å²) in [5.74, 6) is -0.436. The topological polar surface area (TPSA) is 48.4 Å². The molecule has 0 spiro atoms. The molecule has 0 atom stereocenters. The number of benzene rings is 1. The molecule has 0 N–H and O–H groups in total. The Morgan fingerprint density at radius 1 is 1.42 bits per heavy atom. The molecule has 0 saturated heterocycles. The molecule has 0 aliphatic rings. The van der Waals surface area contributed by atoms with Crippen molar-refractivity contribution < 1.29 is 14.3 Å². The van der Waals surface area contributed by atoms with Gasteiger partial charge in [-0.3, -0.25) is 0 Å².